The third kappa shape index (κ3) is 2.50. The topological polar surface area (TPSA) is 36.4 Å². The summed E-state index contributed by atoms with van der Waals surface area (Å²) in [6.07, 6.45) is 3.79. The van der Waals surface area contributed by atoms with Crippen LogP contribution in [-0.4, -0.2) is 23.2 Å². The van der Waals surface area contributed by atoms with Crippen LogP contribution in [0.15, 0.2) is 0 Å². The molecule has 0 bridgehead atoms. The summed E-state index contributed by atoms with van der Waals surface area (Å²) < 4.78 is 0. The molecule has 90 valence electrons. The SMILES string of the molecule is CCCC1CCN(c2nc(Cl)c(CO)s2)C1. The van der Waals surface area contributed by atoms with Crippen LogP contribution in [0.1, 0.15) is 31.1 Å². The highest BCUT2D eigenvalue weighted by molar-refractivity contribution is 7.16. The van der Waals surface area contributed by atoms with Crippen LogP contribution in [-0.2, 0) is 6.61 Å². The highest BCUT2D eigenvalue weighted by atomic mass is 35.5. The second-order valence-electron chi connectivity index (χ2n) is 4.26. The zero-order chi connectivity index (χ0) is 11.5. The summed E-state index contributed by atoms with van der Waals surface area (Å²) >= 11 is 7.44. The second-order valence-corrected chi connectivity index (χ2v) is 5.68. The van der Waals surface area contributed by atoms with E-state index in [0.29, 0.717) is 5.15 Å². The first-order valence-corrected chi connectivity index (χ1v) is 6.95. The molecule has 1 N–H and O–H groups in total. The van der Waals surface area contributed by atoms with Gasteiger partial charge in [0.15, 0.2) is 5.13 Å². The van der Waals surface area contributed by atoms with Crippen LogP contribution in [0, 0.1) is 5.92 Å². The Balaban J connectivity index is 2.02. The third-order valence-corrected chi connectivity index (χ3v) is 4.56. The van der Waals surface area contributed by atoms with Crippen molar-refractivity contribution in [3.63, 3.8) is 0 Å². The van der Waals surface area contributed by atoms with E-state index in [9.17, 15) is 0 Å². The maximum absolute atomic E-state index is 9.08. The van der Waals surface area contributed by atoms with Gasteiger partial charge in [-0.3, -0.25) is 0 Å². The molecule has 1 aromatic heterocycles. The van der Waals surface area contributed by atoms with Gasteiger partial charge in [-0.2, -0.15) is 0 Å². The lowest BCUT2D eigenvalue weighted by atomic mass is 10.0. The number of anilines is 1. The Morgan fingerprint density at radius 1 is 1.62 bits per heavy atom. The first-order chi connectivity index (χ1) is 7.74. The van der Waals surface area contributed by atoms with Crippen LogP contribution >= 0.6 is 22.9 Å². The minimum atomic E-state index is -0.0112. The Morgan fingerprint density at radius 2 is 2.44 bits per heavy atom. The molecule has 3 nitrogen and oxygen atoms in total. The Kier molecular flexibility index (Phi) is 4.05. The van der Waals surface area contributed by atoms with Crippen LogP contribution < -0.4 is 4.90 Å². The van der Waals surface area contributed by atoms with Crippen LogP contribution in [0.5, 0.6) is 0 Å². The lowest BCUT2D eigenvalue weighted by molar-refractivity contribution is 0.285. The summed E-state index contributed by atoms with van der Waals surface area (Å²) in [5.41, 5.74) is 0. The first-order valence-electron chi connectivity index (χ1n) is 5.75. The second kappa shape index (κ2) is 5.34. The van der Waals surface area contributed by atoms with Crippen LogP contribution in [0.3, 0.4) is 0 Å². The smallest absolute Gasteiger partial charge is 0.187 e. The van der Waals surface area contributed by atoms with Crippen molar-refractivity contribution in [2.24, 2.45) is 5.92 Å². The normalized spacial score (nSPS) is 20.7. The molecule has 1 atom stereocenters. The van der Waals surface area contributed by atoms with Crippen molar-refractivity contribution < 1.29 is 5.11 Å². The van der Waals surface area contributed by atoms with Gasteiger partial charge in [0.25, 0.3) is 0 Å². The molecule has 1 aromatic rings. The fourth-order valence-electron chi connectivity index (χ4n) is 2.20. The van der Waals surface area contributed by atoms with Gasteiger partial charge in [-0.15, -0.1) is 0 Å². The van der Waals surface area contributed by atoms with E-state index in [1.54, 1.807) is 0 Å². The number of hydrogen-bond acceptors (Lipinski definition) is 4. The van der Waals surface area contributed by atoms with Gasteiger partial charge >= 0.3 is 0 Å². The van der Waals surface area contributed by atoms with Gasteiger partial charge in [0.2, 0.25) is 0 Å². The molecule has 16 heavy (non-hydrogen) atoms. The average molecular weight is 261 g/mol. The predicted molar refractivity (Wildman–Crippen MR) is 68.3 cm³/mol. The number of thiazole rings is 1. The molecule has 1 fully saturated rings. The third-order valence-electron chi connectivity index (χ3n) is 3.04. The van der Waals surface area contributed by atoms with E-state index in [1.165, 1.54) is 30.6 Å². The largest absolute Gasteiger partial charge is 0.391 e. The number of hydrogen-bond donors (Lipinski definition) is 1. The molecule has 2 rings (SSSR count). The van der Waals surface area contributed by atoms with Gasteiger partial charge < -0.3 is 10.0 Å². The fraction of sp³-hybridized carbons (Fsp3) is 0.727. The van der Waals surface area contributed by atoms with Crippen LogP contribution in [0.2, 0.25) is 5.15 Å². The van der Waals surface area contributed by atoms with Crippen molar-refractivity contribution in [2.75, 3.05) is 18.0 Å². The summed E-state index contributed by atoms with van der Waals surface area (Å²) in [4.78, 5) is 7.37. The lowest BCUT2D eigenvalue weighted by Gasteiger charge is -2.14. The van der Waals surface area contributed by atoms with Crippen LogP contribution in [0.25, 0.3) is 0 Å². The zero-order valence-electron chi connectivity index (χ0n) is 9.45. The minimum Gasteiger partial charge on any atom is -0.391 e. The molecular formula is C11H17ClN2OS. The maximum Gasteiger partial charge on any atom is 0.187 e. The van der Waals surface area contributed by atoms with Crippen molar-refractivity contribution in [2.45, 2.75) is 32.8 Å². The zero-order valence-corrected chi connectivity index (χ0v) is 11.0. The molecule has 2 heterocycles. The maximum atomic E-state index is 9.08. The van der Waals surface area contributed by atoms with Crippen molar-refractivity contribution >= 4 is 28.1 Å². The van der Waals surface area contributed by atoms with Gasteiger partial charge in [-0.1, -0.05) is 36.3 Å². The number of aromatic nitrogens is 1. The van der Waals surface area contributed by atoms with Gasteiger partial charge in [-0.05, 0) is 18.8 Å². The monoisotopic (exact) mass is 260 g/mol. The molecular weight excluding hydrogens is 244 g/mol. The van der Waals surface area contributed by atoms with Crippen LogP contribution in [0.4, 0.5) is 5.13 Å². The van der Waals surface area contributed by atoms with E-state index >= 15 is 0 Å². The molecule has 1 aliphatic heterocycles. The summed E-state index contributed by atoms with van der Waals surface area (Å²) in [6, 6.07) is 0. The lowest BCUT2D eigenvalue weighted by Crippen LogP contribution is -2.19. The van der Waals surface area contributed by atoms with E-state index in [0.717, 1.165) is 29.0 Å². The number of nitrogens with zero attached hydrogens (tertiary/aromatic N) is 2. The molecule has 0 saturated carbocycles. The summed E-state index contributed by atoms with van der Waals surface area (Å²) in [5.74, 6) is 0.797. The molecule has 0 aliphatic carbocycles. The quantitative estimate of drug-likeness (QED) is 0.904. The van der Waals surface area contributed by atoms with E-state index < -0.39 is 0 Å². The Bertz CT molecular complexity index is 356. The highest BCUT2D eigenvalue weighted by Crippen LogP contribution is 2.33. The molecule has 1 saturated heterocycles. The van der Waals surface area contributed by atoms with E-state index in [-0.39, 0.29) is 6.61 Å². The number of aliphatic hydroxyl groups is 1. The summed E-state index contributed by atoms with van der Waals surface area (Å²) in [7, 11) is 0. The molecule has 0 radical (unpaired) electrons. The molecule has 0 aromatic carbocycles. The van der Waals surface area contributed by atoms with E-state index in [2.05, 4.69) is 16.8 Å². The Hall–Kier alpha value is -0.320. The number of rotatable bonds is 4. The van der Waals surface area contributed by atoms with Crippen molar-refractivity contribution in [1.29, 1.82) is 0 Å². The number of halogens is 1. The number of aliphatic hydroxyl groups excluding tert-OH is 1. The van der Waals surface area contributed by atoms with Gasteiger partial charge in [0.1, 0.15) is 5.15 Å². The predicted octanol–water partition coefficient (Wildman–Crippen LogP) is 2.92. The van der Waals surface area contributed by atoms with E-state index in [4.69, 9.17) is 16.7 Å². The first kappa shape index (κ1) is 12.1. The van der Waals surface area contributed by atoms with Crippen molar-refractivity contribution in [1.82, 2.24) is 4.98 Å². The van der Waals surface area contributed by atoms with E-state index in [1.807, 2.05) is 0 Å². The van der Waals surface area contributed by atoms with Gasteiger partial charge in [-0.25, -0.2) is 4.98 Å². The molecule has 0 spiro atoms. The molecule has 0 amide bonds. The minimum absolute atomic E-state index is 0.0112. The fourth-order valence-corrected chi connectivity index (χ4v) is 3.36. The molecule has 1 unspecified atom stereocenters. The molecule has 1 aliphatic rings. The van der Waals surface area contributed by atoms with Crippen molar-refractivity contribution in [3.8, 4) is 0 Å². The summed E-state index contributed by atoms with van der Waals surface area (Å²) in [6.45, 7) is 4.37. The highest BCUT2D eigenvalue weighted by Gasteiger charge is 2.24. The van der Waals surface area contributed by atoms with Gasteiger partial charge in [0, 0.05) is 13.1 Å². The average Bonchev–Trinajstić information content (AvgIpc) is 2.85. The Morgan fingerprint density at radius 3 is 3.06 bits per heavy atom. The Labute approximate surface area is 105 Å². The standard InChI is InChI=1S/C11H17ClN2OS/c1-2-3-8-4-5-14(6-8)11-13-10(12)9(7-15)16-11/h8,15H,2-7H2,1H3. The van der Waals surface area contributed by atoms with Crippen molar-refractivity contribution in [3.05, 3.63) is 10.0 Å². The van der Waals surface area contributed by atoms with Gasteiger partial charge in [0.05, 0.1) is 11.5 Å². The molecule has 5 heteroatoms. The summed E-state index contributed by atoms with van der Waals surface area (Å²) in [5, 5.41) is 10.5.